The van der Waals surface area contributed by atoms with Crippen molar-refractivity contribution in [2.45, 2.75) is 58.9 Å². The molecule has 0 aliphatic heterocycles. The van der Waals surface area contributed by atoms with E-state index in [1.165, 1.54) is 29.0 Å². The van der Waals surface area contributed by atoms with Crippen molar-refractivity contribution in [1.82, 2.24) is 5.06 Å². The second-order valence-corrected chi connectivity index (χ2v) is 10.6. The molecule has 0 spiro atoms. The van der Waals surface area contributed by atoms with Crippen LogP contribution >= 0.6 is 11.3 Å². The molecule has 1 unspecified atom stereocenters. The highest BCUT2D eigenvalue weighted by molar-refractivity contribution is 7.12. The molecule has 3 aromatic rings. The van der Waals surface area contributed by atoms with Gasteiger partial charge >= 0.3 is 12.0 Å². The minimum atomic E-state index is -0.888. The third-order valence-electron chi connectivity index (χ3n) is 5.83. The van der Waals surface area contributed by atoms with Crippen LogP contribution in [0.5, 0.6) is 0 Å². The van der Waals surface area contributed by atoms with Gasteiger partial charge in [0, 0.05) is 11.3 Å². The number of nitrogens with two attached hydrogens (primary N) is 1. The summed E-state index contributed by atoms with van der Waals surface area (Å²) in [5, 5.41) is 0.832. The number of nitrogens with zero attached hydrogens (tertiary/aromatic N) is 1. The predicted octanol–water partition coefficient (Wildman–Crippen LogP) is 6.45. The van der Waals surface area contributed by atoms with Gasteiger partial charge in [-0.15, -0.1) is 16.4 Å². The zero-order valence-corrected chi connectivity index (χ0v) is 22.5. The van der Waals surface area contributed by atoms with Crippen molar-refractivity contribution in [1.29, 1.82) is 0 Å². The first kappa shape index (κ1) is 27.9. The van der Waals surface area contributed by atoms with Gasteiger partial charge in [-0.2, -0.15) is 0 Å². The Hall–Kier alpha value is -3.63. The van der Waals surface area contributed by atoms with E-state index >= 15 is 0 Å². The Balaban J connectivity index is 1.66. The quantitative estimate of drug-likeness (QED) is 0.274. The van der Waals surface area contributed by atoms with Crippen LogP contribution in [0, 0.1) is 23.6 Å². The first-order chi connectivity index (χ1) is 17.7. The molecule has 0 saturated carbocycles. The fourth-order valence-electron chi connectivity index (χ4n) is 3.95. The van der Waals surface area contributed by atoms with Crippen molar-refractivity contribution in [3.8, 4) is 11.8 Å². The smallest absolute Gasteiger partial charge is 0.349 e. The highest BCUT2D eigenvalue weighted by Gasteiger charge is 2.27. The Morgan fingerprint density at radius 1 is 1.00 bits per heavy atom. The standard InChI is InChI=1S/C30H33FN2O3S/c1-5-28(24-11-7-22(8-12-24)18-20(2)3)29(34)36-33(30(32)35)21(4)6-15-26-16-17-27(37-26)19-23-9-13-25(31)14-10-23/h7-14,16-17,20-21,28H,5,18-19H2,1-4H3,(H2,32,35)/t21-,28?/m1/s1. The molecule has 1 heterocycles. The molecule has 0 aliphatic rings. The summed E-state index contributed by atoms with van der Waals surface area (Å²) in [6.45, 7) is 7.87. The van der Waals surface area contributed by atoms with E-state index in [0.717, 1.165) is 32.4 Å². The normalized spacial score (nSPS) is 12.4. The number of carbonyl (C=O) groups is 2. The van der Waals surface area contributed by atoms with Gasteiger partial charge in [0.1, 0.15) is 11.9 Å². The molecule has 1 aromatic heterocycles. The number of hydrogen-bond donors (Lipinski definition) is 1. The predicted molar refractivity (Wildman–Crippen MR) is 145 cm³/mol. The van der Waals surface area contributed by atoms with Crippen LogP contribution in [0.4, 0.5) is 9.18 Å². The Labute approximate surface area is 222 Å². The van der Waals surface area contributed by atoms with Crippen LogP contribution in [0.2, 0.25) is 0 Å². The summed E-state index contributed by atoms with van der Waals surface area (Å²) in [6.07, 6.45) is 2.15. The van der Waals surface area contributed by atoms with Gasteiger partial charge in [0.25, 0.3) is 0 Å². The molecule has 0 bridgehead atoms. The Kier molecular flexibility index (Phi) is 9.87. The van der Waals surface area contributed by atoms with Crippen molar-refractivity contribution < 1.29 is 18.8 Å². The number of benzene rings is 2. The average Bonchev–Trinajstić information content (AvgIpc) is 3.30. The number of rotatable bonds is 8. The van der Waals surface area contributed by atoms with Crippen molar-refractivity contribution >= 4 is 23.3 Å². The van der Waals surface area contributed by atoms with Gasteiger partial charge in [-0.05, 0) is 66.6 Å². The third-order valence-corrected chi connectivity index (χ3v) is 6.83. The van der Waals surface area contributed by atoms with E-state index in [4.69, 9.17) is 10.6 Å². The van der Waals surface area contributed by atoms with E-state index in [-0.39, 0.29) is 5.82 Å². The molecular formula is C30H33FN2O3S. The number of halogens is 1. The average molecular weight is 521 g/mol. The van der Waals surface area contributed by atoms with Crippen LogP contribution in [0.15, 0.2) is 60.7 Å². The number of thiophene rings is 1. The first-order valence-electron chi connectivity index (χ1n) is 12.4. The van der Waals surface area contributed by atoms with Crippen molar-refractivity contribution in [2.24, 2.45) is 11.7 Å². The molecule has 2 N–H and O–H groups in total. The molecular weight excluding hydrogens is 487 g/mol. The van der Waals surface area contributed by atoms with Gasteiger partial charge in [0.05, 0.1) is 10.8 Å². The summed E-state index contributed by atoms with van der Waals surface area (Å²) >= 11 is 1.51. The van der Waals surface area contributed by atoms with E-state index in [9.17, 15) is 14.0 Å². The summed E-state index contributed by atoms with van der Waals surface area (Å²) in [6, 6.07) is 16.5. The summed E-state index contributed by atoms with van der Waals surface area (Å²) in [7, 11) is 0. The maximum absolute atomic E-state index is 13.1. The highest BCUT2D eigenvalue weighted by Crippen LogP contribution is 2.24. The lowest BCUT2D eigenvalue weighted by molar-refractivity contribution is -0.181. The maximum atomic E-state index is 13.1. The lowest BCUT2D eigenvalue weighted by Crippen LogP contribution is -2.43. The number of amides is 2. The summed E-state index contributed by atoms with van der Waals surface area (Å²) in [5.41, 5.74) is 8.56. The fourth-order valence-corrected chi connectivity index (χ4v) is 4.85. The molecule has 5 nitrogen and oxygen atoms in total. The lowest BCUT2D eigenvalue weighted by atomic mass is 9.94. The number of urea groups is 1. The van der Waals surface area contributed by atoms with Crippen LogP contribution in [0.3, 0.4) is 0 Å². The van der Waals surface area contributed by atoms with E-state index in [1.54, 1.807) is 19.1 Å². The van der Waals surface area contributed by atoms with Crippen molar-refractivity contribution in [2.75, 3.05) is 0 Å². The second-order valence-electron chi connectivity index (χ2n) is 9.39. The summed E-state index contributed by atoms with van der Waals surface area (Å²) in [4.78, 5) is 32.4. The largest absolute Gasteiger partial charge is 0.349 e. The molecule has 2 amide bonds. The first-order valence-corrected chi connectivity index (χ1v) is 13.2. The van der Waals surface area contributed by atoms with Crippen LogP contribution < -0.4 is 5.73 Å². The zero-order valence-electron chi connectivity index (χ0n) is 21.7. The number of hydrogen-bond acceptors (Lipinski definition) is 4. The third kappa shape index (κ3) is 8.19. The Morgan fingerprint density at radius 3 is 2.24 bits per heavy atom. The van der Waals surface area contributed by atoms with Crippen LogP contribution in [0.25, 0.3) is 0 Å². The molecule has 2 atom stereocenters. The molecule has 0 saturated heterocycles. The van der Waals surface area contributed by atoms with Gasteiger partial charge < -0.3 is 10.6 Å². The topological polar surface area (TPSA) is 72.6 Å². The molecule has 0 aliphatic carbocycles. The van der Waals surface area contributed by atoms with Crippen LogP contribution in [-0.4, -0.2) is 23.1 Å². The van der Waals surface area contributed by atoms with E-state index in [2.05, 4.69) is 25.7 Å². The zero-order chi connectivity index (χ0) is 26.9. The monoisotopic (exact) mass is 520 g/mol. The summed E-state index contributed by atoms with van der Waals surface area (Å²) in [5.74, 6) is 5.18. The molecule has 3 rings (SSSR count). The molecule has 2 aromatic carbocycles. The van der Waals surface area contributed by atoms with Gasteiger partial charge in [0.2, 0.25) is 0 Å². The van der Waals surface area contributed by atoms with Crippen LogP contribution in [0.1, 0.15) is 66.5 Å². The SMILES string of the molecule is CCC(C(=O)ON(C(N)=O)[C@H](C)C#Cc1ccc(Cc2ccc(F)cc2)s1)c1ccc(CC(C)C)cc1. The molecule has 7 heteroatoms. The molecule has 0 radical (unpaired) electrons. The molecule has 37 heavy (non-hydrogen) atoms. The lowest BCUT2D eigenvalue weighted by Gasteiger charge is -2.24. The van der Waals surface area contributed by atoms with Gasteiger partial charge in [-0.3, -0.25) is 0 Å². The number of primary amides is 1. The van der Waals surface area contributed by atoms with Crippen LogP contribution in [-0.2, 0) is 22.5 Å². The Morgan fingerprint density at radius 2 is 1.65 bits per heavy atom. The minimum absolute atomic E-state index is 0.264. The molecule has 194 valence electrons. The van der Waals surface area contributed by atoms with Gasteiger partial charge in [-0.1, -0.05) is 69.0 Å². The van der Waals surface area contributed by atoms with Crippen molar-refractivity contribution in [3.05, 3.63) is 92.9 Å². The van der Waals surface area contributed by atoms with Gasteiger partial charge in [-0.25, -0.2) is 14.0 Å². The van der Waals surface area contributed by atoms with E-state index < -0.39 is 24.0 Å². The Bertz CT molecular complexity index is 1260. The summed E-state index contributed by atoms with van der Waals surface area (Å²) < 4.78 is 13.1. The number of carbonyl (C=O) groups excluding carboxylic acids is 2. The van der Waals surface area contributed by atoms with E-state index in [0.29, 0.717) is 18.8 Å². The fraction of sp³-hybridized carbons (Fsp3) is 0.333. The number of hydroxylamine groups is 2. The van der Waals surface area contributed by atoms with Crippen molar-refractivity contribution in [3.63, 3.8) is 0 Å². The maximum Gasteiger partial charge on any atom is 0.349 e. The second kappa shape index (κ2) is 13.1. The molecule has 0 fully saturated rings. The highest BCUT2D eigenvalue weighted by atomic mass is 32.1. The van der Waals surface area contributed by atoms with Gasteiger partial charge in [0.15, 0.2) is 0 Å². The minimum Gasteiger partial charge on any atom is -0.349 e. The van der Waals surface area contributed by atoms with E-state index in [1.807, 2.05) is 43.3 Å².